The Labute approximate surface area is 535 Å². The van der Waals surface area contributed by atoms with Crippen molar-refractivity contribution >= 4 is 79.0 Å². The molecular formula is C83H59BN8. The fourth-order valence-corrected chi connectivity index (χ4v) is 13.8. The van der Waals surface area contributed by atoms with Gasteiger partial charge in [0.2, 0.25) is 0 Å². The molecule has 0 atom stereocenters. The van der Waals surface area contributed by atoms with E-state index in [-0.39, 0.29) is 12.1 Å². The zero-order valence-corrected chi connectivity index (χ0v) is 51.0. The first kappa shape index (κ1) is 54.4. The van der Waals surface area contributed by atoms with Gasteiger partial charge in [-0.1, -0.05) is 239 Å². The molecule has 8 nitrogen and oxygen atoms in total. The van der Waals surface area contributed by atoms with Crippen molar-refractivity contribution in [2.75, 3.05) is 9.80 Å². The van der Waals surface area contributed by atoms with Gasteiger partial charge in [-0.15, -0.1) is 0 Å². The quantitative estimate of drug-likeness (QED) is 0.126. The Morgan fingerprint density at radius 3 is 1.39 bits per heavy atom. The maximum Gasteiger partial charge on any atom is 0.252 e. The molecule has 17 rings (SSSR count). The molecule has 0 N–H and O–H groups in total. The Bertz CT molecular complexity index is 5250. The lowest BCUT2D eigenvalue weighted by atomic mass is 9.33. The van der Waals surface area contributed by atoms with Crippen LogP contribution in [0.3, 0.4) is 0 Å². The van der Waals surface area contributed by atoms with E-state index in [4.69, 9.17) is 24.9 Å². The molecule has 12 aromatic carbocycles. The van der Waals surface area contributed by atoms with Crippen LogP contribution < -0.4 is 26.2 Å². The molecule has 92 heavy (non-hydrogen) atoms. The highest BCUT2D eigenvalue weighted by Gasteiger charge is 2.44. The first-order valence-corrected chi connectivity index (χ1v) is 31.4. The molecule has 0 amide bonds. The van der Waals surface area contributed by atoms with Crippen molar-refractivity contribution in [2.45, 2.75) is 26.2 Å². The van der Waals surface area contributed by atoms with E-state index in [0.717, 1.165) is 106 Å². The van der Waals surface area contributed by atoms with Crippen molar-refractivity contribution in [3.05, 3.63) is 309 Å². The lowest BCUT2D eigenvalue weighted by Crippen LogP contribution is -2.61. The minimum absolute atomic E-state index is 0.0243. The van der Waals surface area contributed by atoms with E-state index in [1.54, 1.807) is 0 Å². The van der Waals surface area contributed by atoms with Crippen LogP contribution in [0.5, 0.6) is 0 Å². The van der Waals surface area contributed by atoms with E-state index in [1.165, 1.54) is 33.0 Å². The number of hydrogen-bond donors (Lipinski definition) is 0. The number of nitrogens with zero attached hydrogens (tertiary/aromatic N) is 8. The number of para-hydroxylation sites is 5. The Morgan fingerprint density at radius 1 is 0.304 bits per heavy atom. The third kappa shape index (κ3) is 9.27. The summed E-state index contributed by atoms with van der Waals surface area (Å²) in [6.45, 7) is 6.79. The molecule has 0 spiro atoms. The molecule has 0 bridgehead atoms. The number of anilines is 6. The van der Waals surface area contributed by atoms with E-state index in [9.17, 15) is 0 Å². The summed E-state index contributed by atoms with van der Waals surface area (Å²) in [5, 5.41) is 2.34. The van der Waals surface area contributed by atoms with E-state index >= 15 is 0 Å². The maximum atomic E-state index is 5.60. The van der Waals surface area contributed by atoms with Crippen molar-refractivity contribution < 1.29 is 0 Å². The van der Waals surface area contributed by atoms with Crippen LogP contribution in [0.25, 0.3) is 107 Å². The van der Waals surface area contributed by atoms with Crippen LogP contribution in [0.15, 0.2) is 303 Å². The summed E-state index contributed by atoms with van der Waals surface area (Å²) in [4.78, 5) is 32.1. The molecule has 0 aliphatic carbocycles. The van der Waals surface area contributed by atoms with Gasteiger partial charge in [-0.2, -0.15) is 0 Å². The highest BCUT2D eigenvalue weighted by atomic mass is 15.2. The normalized spacial score (nSPS) is 12.4. The lowest BCUT2D eigenvalue weighted by Gasteiger charge is -2.45. The predicted molar refractivity (Wildman–Crippen MR) is 381 cm³/mol. The Morgan fingerprint density at radius 2 is 0.772 bits per heavy atom. The zero-order chi connectivity index (χ0) is 61.4. The van der Waals surface area contributed by atoms with Crippen LogP contribution in [0.2, 0.25) is 0 Å². The molecule has 0 radical (unpaired) electrons. The van der Waals surface area contributed by atoms with Gasteiger partial charge in [-0.25, -0.2) is 24.9 Å². The average molecular weight is 1180 g/mol. The summed E-state index contributed by atoms with van der Waals surface area (Å²) >= 11 is 0. The maximum absolute atomic E-state index is 5.60. The van der Waals surface area contributed by atoms with Crippen LogP contribution in [0, 0.1) is 0 Å². The van der Waals surface area contributed by atoms with Crippen LogP contribution in [0.4, 0.5) is 34.1 Å². The number of aromatic nitrogens is 6. The van der Waals surface area contributed by atoms with Gasteiger partial charge in [0.25, 0.3) is 6.71 Å². The Balaban J connectivity index is 0.874. The zero-order valence-electron chi connectivity index (χ0n) is 51.0. The number of fused-ring (bicyclic) bond motifs is 7. The van der Waals surface area contributed by atoms with Gasteiger partial charge in [0.05, 0.1) is 33.8 Å². The van der Waals surface area contributed by atoms with E-state index in [0.29, 0.717) is 23.3 Å². The largest absolute Gasteiger partial charge is 0.311 e. The fraction of sp³-hybridized carbons (Fsp3) is 0.0482. The third-order valence-corrected chi connectivity index (χ3v) is 18.2. The molecule has 0 saturated carbocycles. The van der Waals surface area contributed by atoms with Gasteiger partial charge in [-0.05, 0) is 118 Å². The van der Waals surface area contributed by atoms with Crippen molar-refractivity contribution in [1.29, 1.82) is 0 Å². The Kier molecular flexibility index (Phi) is 13.0. The highest BCUT2D eigenvalue weighted by molar-refractivity contribution is 7.00. The minimum Gasteiger partial charge on any atom is -0.311 e. The first-order chi connectivity index (χ1) is 45.3. The van der Waals surface area contributed by atoms with Gasteiger partial charge in [0, 0.05) is 78.2 Å². The molecule has 9 heteroatoms. The standard InChI is InChI=1S/C83H59BN8/c1-83(2,3)60-46-49-72-65(52-60)64-35-19-22-38-71(64)92(72)73-48-45-59(81-85-69(55-25-9-4-10-26-55)53-70(86-81)56-27-11-5-12-28-56)51-66(73)82-88-79(57-29-13-6-14-30-57)87-80(89-82)58-43-41-54(42-44-58)63-47-50-76-77-78(63)91(62-33-17-8-18-34-62)75-40-24-21-37-68(75)84(77)67-36-20-23-39-74(67)90(76)61-31-15-7-16-32-61/h4-53H,1-3H3. The molecule has 2 aliphatic heterocycles. The topological polar surface area (TPSA) is 75.9 Å². The lowest BCUT2D eigenvalue weighted by molar-refractivity contribution is 0.591. The van der Waals surface area contributed by atoms with Crippen molar-refractivity contribution in [3.8, 4) is 84.9 Å². The van der Waals surface area contributed by atoms with Gasteiger partial charge >= 0.3 is 0 Å². The van der Waals surface area contributed by atoms with Gasteiger partial charge in [0.1, 0.15) is 0 Å². The summed E-state index contributed by atoms with van der Waals surface area (Å²) in [5.41, 5.74) is 24.1. The summed E-state index contributed by atoms with van der Waals surface area (Å²) < 4.78 is 2.37. The van der Waals surface area contributed by atoms with Crippen molar-refractivity contribution in [1.82, 2.24) is 29.5 Å². The number of hydrogen-bond acceptors (Lipinski definition) is 7. The monoisotopic (exact) mass is 1180 g/mol. The SMILES string of the molecule is CC(C)(C)c1ccc2c(c1)c1ccccc1n2-c1ccc(-c2nc(-c3ccccc3)cc(-c3ccccc3)n2)cc1-c1nc(-c2ccccc2)nc(-c2ccc(-c3ccc4c5c3N(c3ccccc3)c3ccccc3B5c3ccccc3N4c3ccccc3)cc2)n1. The molecule has 2 aliphatic rings. The molecule has 0 unspecified atom stereocenters. The average Bonchev–Trinajstić information content (AvgIpc) is 0.844. The second-order valence-corrected chi connectivity index (χ2v) is 24.8. The molecule has 15 aromatic rings. The van der Waals surface area contributed by atoms with Gasteiger partial charge < -0.3 is 14.4 Å². The molecule has 0 fully saturated rings. The molecule has 5 heterocycles. The fourth-order valence-electron chi connectivity index (χ4n) is 13.8. The smallest absolute Gasteiger partial charge is 0.252 e. The predicted octanol–water partition coefficient (Wildman–Crippen LogP) is 18.8. The molecule has 0 saturated heterocycles. The number of benzene rings is 12. The van der Waals surface area contributed by atoms with E-state index in [1.807, 2.05) is 30.3 Å². The Hall–Kier alpha value is -11.8. The summed E-state index contributed by atoms with van der Waals surface area (Å²) in [6, 6.07) is 108. The molecule has 434 valence electrons. The molecule has 3 aromatic heterocycles. The highest BCUT2D eigenvalue weighted by Crippen LogP contribution is 2.48. The summed E-state index contributed by atoms with van der Waals surface area (Å²) in [5.74, 6) is 2.20. The van der Waals surface area contributed by atoms with Crippen LogP contribution in [0.1, 0.15) is 26.3 Å². The molecular weight excluding hydrogens is 1120 g/mol. The van der Waals surface area contributed by atoms with Gasteiger partial charge in [0.15, 0.2) is 23.3 Å². The second-order valence-electron chi connectivity index (χ2n) is 24.8. The third-order valence-electron chi connectivity index (χ3n) is 18.2. The van der Waals surface area contributed by atoms with Crippen LogP contribution in [-0.4, -0.2) is 36.2 Å². The van der Waals surface area contributed by atoms with E-state index in [2.05, 4.69) is 308 Å². The van der Waals surface area contributed by atoms with Crippen molar-refractivity contribution in [3.63, 3.8) is 0 Å². The second kappa shape index (κ2) is 22.0. The first-order valence-electron chi connectivity index (χ1n) is 31.4. The van der Waals surface area contributed by atoms with Crippen LogP contribution >= 0.6 is 0 Å². The number of rotatable bonds is 10. The minimum atomic E-state index is -0.0589. The van der Waals surface area contributed by atoms with E-state index < -0.39 is 0 Å². The van der Waals surface area contributed by atoms with Crippen molar-refractivity contribution in [2.24, 2.45) is 0 Å². The van der Waals surface area contributed by atoms with Gasteiger partial charge in [-0.3, -0.25) is 0 Å². The van der Waals surface area contributed by atoms with Crippen LogP contribution in [-0.2, 0) is 5.41 Å². The summed E-state index contributed by atoms with van der Waals surface area (Å²) in [7, 11) is 0. The summed E-state index contributed by atoms with van der Waals surface area (Å²) in [6.07, 6.45) is 0.